The standard InChI is InChI=1S/C24H27N3O4/c28-23-19(14-17-6-2-1-3-7-17)25-24(29)27(23)16-26-11-4-8-20(26)18-9-10-21-22(15-18)31-13-5-12-30-21/h1-3,6-7,9-10,15,19-20H,4-5,8,11-14,16H2,(H,25,29)/p+1/t19-,20+/m0/s1. The van der Waals surface area contributed by atoms with Gasteiger partial charge < -0.3 is 19.7 Å². The zero-order valence-electron chi connectivity index (χ0n) is 17.5. The van der Waals surface area contributed by atoms with Gasteiger partial charge in [0, 0.05) is 31.2 Å². The van der Waals surface area contributed by atoms with Crippen LogP contribution in [0.3, 0.4) is 0 Å². The first-order valence-corrected chi connectivity index (χ1v) is 11.1. The predicted molar refractivity (Wildman–Crippen MR) is 114 cm³/mol. The van der Waals surface area contributed by atoms with E-state index < -0.39 is 6.04 Å². The van der Waals surface area contributed by atoms with Crippen molar-refractivity contribution in [2.75, 3.05) is 26.4 Å². The molecule has 0 spiro atoms. The van der Waals surface area contributed by atoms with Crippen LogP contribution < -0.4 is 19.7 Å². The maximum Gasteiger partial charge on any atom is 0.329 e. The minimum Gasteiger partial charge on any atom is -0.490 e. The summed E-state index contributed by atoms with van der Waals surface area (Å²) in [5.74, 6) is 1.45. The van der Waals surface area contributed by atoms with Crippen LogP contribution in [0.25, 0.3) is 0 Å². The van der Waals surface area contributed by atoms with Gasteiger partial charge in [-0.2, -0.15) is 0 Å². The summed E-state index contributed by atoms with van der Waals surface area (Å²) in [6, 6.07) is 15.4. The zero-order valence-corrected chi connectivity index (χ0v) is 17.5. The van der Waals surface area contributed by atoms with Gasteiger partial charge in [-0.25, -0.2) is 9.69 Å². The Bertz CT molecular complexity index is 965. The third kappa shape index (κ3) is 4.10. The number of likely N-dealkylation sites (tertiary alicyclic amines) is 1. The molecular formula is C24H28N3O4+. The van der Waals surface area contributed by atoms with E-state index >= 15 is 0 Å². The van der Waals surface area contributed by atoms with Crippen LogP contribution in [0, 0.1) is 0 Å². The van der Waals surface area contributed by atoms with Gasteiger partial charge in [0.25, 0.3) is 5.91 Å². The van der Waals surface area contributed by atoms with E-state index in [2.05, 4.69) is 17.4 Å². The van der Waals surface area contributed by atoms with E-state index in [-0.39, 0.29) is 18.0 Å². The molecule has 0 aromatic heterocycles. The van der Waals surface area contributed by atoms with Crippen LogP contribution in [0.15, 0.2) is 48.5 Å². The summed E-state index contributed by atoms with van der Waals surface area (Å²) in [6.07, 6.45) is 3.47. The highest BCUT2D eigenvalue weighted by molar-refractivity contribution is 6.04. The third-order valence-corrected chi connectivity index (χ3v) is 6.41. The number of hydrogen-bond donors (Lipinski definition) is 2. The summed E-state index contributed by atoms with van der Waals surface area (Å²) in [5.41, 5.74) is 2.21. The second-order valence-corrected chi connectivity index (χ2v) is 8.48. The second kappa shape index (κ2) is 8.59. The lowest BCUT2D eigenvalue weighted by Crippen LogP contribution is -3.12. The summed E-state index contributed by atoms with van der Waals surface area (Å²) in [6.45, 7) is 2.64. The lowest BCUT2D eigenvalue weighted by molar-refractivity contribution is -0.925. The van der Waals surface area contributed by atoms with Crippen molar-refractivity contribution in [2.24, 2.45) is 0 Å². The number of imide groups is 1. The van der Waals surface area contributed by atoms with E-state index in [0.29, 0.717) is 26.3 Å². The Morgan fingerprint density at radius 2 is 1.81 bits per heavy atom. The van der Waals surface area contributed by atoms with Crippen molar-refractivity contribution < 1.29 is 24.0 Å². The molecule has 2 N–H and O–H groups in total. The highest BCUT2D eigenvalue weighted by Gasteiger charge is 2.42. The van der Waals surface area contributed by atoms with Crippen LogP contribution in [0.1, 0.15) is 36.4 Å². The molecule has 0 bridgehead atoms. The largest absolute Gasteiger partial charge is 0.490 e. The molecule has 3 amide bonds. The Morgan fingerprint density at radius 1 is 1.00 bits per heavy atom. The van der Waals surface area contributed by atoms with Gasteiger partial charge in [-0.15, -0.1) is 0 Å². The van der Waals surface area contributed by atoms with E-state index in [1.54, 1.807) is 0 Å². The van der Waals surface area contributed by atoms with E-state index in [1.807, 2.05) is 36.4 Å². The number of carbonyl (C=O) groups is 2. The summed E-state index contributed by atoms with van der Waals surface area (Å²) in [4.78, 5) is 28.2. The fourth-order valence-electron chi connectivity index (χ4n) is 4.82. The van der Waals surface area contributed by atoms with Gasteiger partial charge in [-0.05, 0) is 23.8 Å². The predicted octanol–water partition coefficient (Wildman–Crippen LogP) is 1.69. The summed E-state index contributed by atoms with van der Waals surface area (Å²) in [5, 5.41) is 2.87. The van der Waals surface area contributed by atoms with Crippen LogP contribution in [0.5, 0.6) is 11.5 Å². The van der Waals surface area contributed by atoms with E-state index in [4.69, 9.17) is 9.47 Å². The van der Waals surface area contributed by atoms with Crippen LogP contribution in [-0.2, 0) is 11.2 Å². The number of rotatable bonds is 5. The van der Waals surface area contributed by atoms with Crippen molar-refractivity contribution >= 4 is 11.9 Å². The maximum absolute atomic E-state index is 13.0. The molecule has 5 rings (SSSR count). The Balaban J connectivity index is 1.29. The molecule has 3 heterocycles. The number of quaternary nitrogens is 1. The highest BCUT2D eigenvalue weighted by Crippen LogP contribution is 2.33. The fourth-order valence-corrected chi connectivity index (χ4v) is 4.82. The minimum atomic E-state index is -0.492. The SMILES string of the molecule is O=C1N[C@@H](Cc2ccccc2)C(=O)N1C[NH+]1CCC[C@@H]1c1ccc2c(c1)OCCCO2. The van der Waals surface area contributed by atoms with Gasteiger partial charge in [0.15, 0.2) is 18.2 Å². The monoisotopic (exact) mass is 422 g/mol. The lowest BCUT2D eigenvalue weighted by atomic mass is 10.0. The molecule has 3 atom stereocenters. The maximum atomic E-state index is 13.0. The Labute approximate surface area is 181 Å². The van der Waals surface area contributed by atoms with Crippen molar-refractivity contribution in [2.45, 2.75) is 37.8 Å². The average molecular weight is 423 g/mol. The lowest BCUT2D eigenvalue weighted by Gasteiger charge is -2.25. The molecule has 0 aliphatic carbocycles. The first-order chi connectivity index (χ1) is 15.2. The molecule has 3 aliphatic rings. The van der Waals surface area contributed by atoms with Crippen molar-refractivity contribution in [3.8, 4) is 11.5 Å². The molecule has 3 aliphatic heterocycles. The summed E-state index contributed by atoms with van der Waals surface area (Å²) >= 11 is 0. The number of carbonyl (C=O) groups excluding carboxylic acids is 2. The molecule has 2 aromatic carbocycles. The molecule has 31 heavy (non-hydrogen) atoms. The normalized spacial score (nSPS) is 25.4. The number of nitrogens with zero attached hydrogens (tertiary/aromatic N) is 1. The van der Waals surface area contributed by atoms with Gasteiger partial charge in [0.1, 0.15) is 12.1 Å². The topological polar surface area (TPSA) is 72.3 Å². The van der Waals surface area contributed by atoms with E-state index in [9.17, 15) is 9.59 Å². The zero-order chi connectivity index (χ0) is 21.2. The van der Waals surface area contributed by atoms with E-state index in [1.165, 1.54) is 15.4 Å². The molecule has 7 nitrogen and oxygen atoms in total. The summed E-state index contributed by atoms with van der Waals surface area (Å²) in [7, 11) is 0. The summed E-state index contributed by atoms with van der Waals surface area (Å²) < 4.78 is 11.6. The number of hydrogen-bond acceptors (Lipinski definition) is 4. The van der Waals surface area contributed by atoms with Gasteiger partial charge in [0.05, 0.1) is 19.8 Å². The molecule has 1 unspecified atom stereocenters. The van der Waals surface area contributed by atoms with Gasteiger partial charge >= 0.3 is 6.03 Å². The van der Waals surface area contributed by atoms with Gasteiger partial charge in [-0.3, -0.25) is 4.79 Å². The van der Waals surface area contributed by atoms with Gasteiger partial charge in [-0.1, -0.05) is 30.3 Å². The molecule has 0 radical (unpaired) electrons. The number of nitrogens with one attached hydrogen (secondary N) is 2. The number of ether oxygens (including phenoxy) is 2. The van der Waals surface area contributed by atoms with Crippen LogP contribution in [-0.4, -0.2) is 49.3 Å². The smallest absolute Gasteiger partial charge is 0.329 e. The van der Waals surface area contributed by atoms with Crippen LogP contribution in [0.4, 0.5) is 4.79 Å². The van der Waals surface area contributed by atoms with Crippen molar-refractivity contribution in [1.29, 1.82) is 0 Å². The molecule has 2 fully saturated rings. The Hall–Kier alpha value is -3.06. The van der Waals surface area contributed by atoms with Crippen LogP contribution >= 0.6 is 0 Å². The fraction of sp³-hybridized carbons (Fsp3) is 0.417. The number of urea groups is 1. The van der Waals surface area contributed by atoms with Crippen molar-refractivity contribution in [3.63, 3.8) is 0 Å². The first-order valence-electron chi connectivity index (χ1n) is 11.1. The van der Waals surface area contributed by atoms with Gasteiger partial charge in [0.2, 0.25) is 0 Å². The quantitative estimate of drug-likeness (QED) is 0.720. The molecule has 2 aromatic rings. The third-order valence-electron chi connectivity index (χ3n) is 6.41. The number of amides is 3. The minimum absolute atomic E-state index is 0.134. The molecule has 7 heteroatoms. The van der Waals surface area contributed by atoms with Crippen molar-refractivity contribution in [1.82, 2.24) is 10.2 Å². The number of fused-ring (bicyclic) bond motifs is 1. The average Bonchev–Trinajstić information content (AvgIpc) is 3.25. The highest BCUT2D eigenvalue weighted by atomic mass is 16.5. The van der Waals surface area contributed by atoms with Crippen molar-refractivity contribution in [3.05, 3.63) is 59.7 Å². The molecule has 2 saturated heterocycles. The number of benzene rings is 2. The molecular weight excluding hydrogens is 394 g/mol. The molecule has 162 valence electrons. The Morgan fingerprint density at radius 3 is 2.65 bits per heavy atom. The first kappa shape index (κ1) is 19.9. The second-order valence-electron chi connectivity index (χ2n) is 8.48. The van der Waals surface area contributed by atoms with Crippen LogP contribution in [0.2, 0.25) is 0 Å². The Kier molecular flexibility index (Phi) is 5.51. The molecule has 0 saturated carbocycles. The van der Waals surface area contributed by atoms with E-state index in [0.717, 1.165) is 42.9 Å².